The highest BCUT2D eigenvalue weighted by atomic mass is 16.5. The number of hydrogen-bond donors (Lipinski definition) is 2. The van der Waals surface area contributed by atoms with Crippen molar-refractivity contribution in [2.45, 2.75) is 26.7 Å². The van der Waals surface area contributed by atoms with Gasteiger partial charge in [0.15, 0.2) is 0 Å². The molecule has 1 aromatic heterocycles. The fourth-order valence-electron chi connectivity index (χ4n) is 2.14. The van der Waals surface area contributed by atoms with Crippen LogP contribution >= 0.6 is 0 Å². The van der Waals surface area contributed by atoms with Crippen molar-refractivity contribution in [2.24, 2.45) is 0 Å². The summed E-state index contributed by atoms with van der Waals surface area (Å²) in [6.45, 7) is 5.02. The molecule has 2 rings (SSSR count). The maximum absolute atomic E-state index is 11.3. The van der Waals surface area contributed by atoms with Gasteiger partial charge in [0, 0.05) is 23.6 Å². The van der Waals surface area contributed by atoms with Gasteiger partial charge in [-0.1, -0.05) is 12.8 Å². The molecule has 2 aromatic rings. The summed E-state index contributed by atoms with van der Waals surface area (Å²) < 4.78 is 5.66. The number of aromatic amines is 1. The molecule has 1 heterocycles. The van der Waals surface area contributed by atoms with E-state index in [0.29, 0.717) is 6.54 Å². The third-order valence-corrected chi connectivity index (χ3v) is 3.13. The van der Waals surface area contributed by atoms with Crippen LogP contribution in [0.1, 0.15) is 25.8 Å². The summed E-state index contributed by atoms with van der Waals surface area (Å²) in [5, 5.41) is 3.92. The van der Waals surface area contributed by atoms with Gasteiger partial charge in [-0.3, -0.25) is 4.79 Å². The molecule has 0 atom stereocenters. The lowest BCUT2D eigenvalue weighted by Crippen LogP contribution is -2.23. The third-order valence-electron chi connectivity index (χ3n) is 3.13. The van der Waals surface area contributed by atoms with Crippen molar-refractivity contribution in [1.29, 1.82) is 0 Å². The van der Waals surface area contributed by atoms with Crippen molar-refractivity contribution in [3.63, 3.8) is 0 Å². The second-order valence-corrected chi connectivity index (χ2v) is 4.75. The average Bonchev–Trinajstić information content (AvgIpc) is 2.88. The molecule has 0 bridgehead atoms. The summed E-state index contributed by atoms with van der Waals surface area (Å²) >= 11 is 0. The number of ether oxygens (including phenoxy) is 1. The normalized spacial score (nSPS) is 10.0. The van der Waals surface area contributed by atoms with Gasteiger partial charge in [-0.05, 0) is 49.4 Å². The number of carbonyl (C=O) groups is 1. The summed E-state index contributed by atoms with van der Waals surface area (Å²) in [4.78, 5) is 14.5. The Hall–Kier alpha value is -2.41. The van der Waals surface area contributed by atoms with Gasteiger partial charge in [0.05, 0.1) is 6.61 Å². The number of H-pyrrole nitrogens is 1. The third kappa shape index (κ3) is 4.03. The van der Waals surface area contributed by atoms with E-state index >= 15 is 0 Å². The molecule has 0 spiro atoms. The van der Waals surface area contributed by atoms with Gasteiger partial charge < -0.3 is 15.0 Å². The van der Waals surface area contributed by atoms with Gasteiger partial charge in [0.1, 0.15) is 5.75 Å². The molecule has 0 radical (unpaired) electrons. The fourth-order valence-corrected chi connectivity index (χ4v) is 2.14. The first-order valence-electron chi connectivity index (χ1n) is 7.18. The molecule has 21 heavy (non-hydrogen) atoms. The molecule has 1 amide bonds. The Morgan fingerprint density at radius 3 is 3.05 bits per heavy atom. The van der Waals surface area contributed by atoms with Gasteiger partial charge in [-0.25, -0.2) is 0 Å². The van der Waals surface area contributed by atoms with Crippen molar-refractivity contribution in [3.05, 3.63) is 30.0 Å². The molecule has 2 N–H and O–H groups in total. The Morgan fingerprint density at radius 2 is 2.29 bits per heavy atom. The Bertz CT molecular complexity index is 677. The summed E-state index contributed by atoms with van der Waals surface area (Å²) in [6, 6.07) is 6.03. The standard InChI is InChI=1S/C17H20N2O2/c1-3-5-17(20)18-9-8-13-12-19-16-7-6-14(11-15(13)16)21-10-4-2/h6-7,11-12,19H,4,8-10H2,1-2H3,(H,18,20). The molecule has 0 aliphatic carbocycles. The first-order valence-corrected chi connectivity index (χ1v) is 7.18. The lowest BCUT2D eigenvalue weighted by Gasteiger charge is -2.05. The largest absolute Gasteiger partial charge is 0.494 e. The van der Waals surface area contributed by atoms with E-state index < -0.39 is 0 Å². The van der Waals surface area contributed by atoms with Crippen LogP contribution in [0, 0.1) is 11.8 Å². The van der Waals surface area contributed by atoms with Gasteiger partial charge in [-0.2, -0.15) is 0 Å². The first-order chi connectivity index (χ1) is 10.2. The van der Waals surface area contributed by atoms with Crippen molar-refractivity contribution < 1.29 is 9.53 Å². The number of benzene rings is 1. The lowest BCUT2D eigenvalue weighted by atomic mass is 10.1. The van der Waals surface area contributed by atoms with Gasteiger partial charge in [0.25, 0.3) is 5.91 Å². The van der Waals surface area contributed by atoms with Crippen molar-refractivity contribution in [2.75, 3.05) is 13.2 Å². The molecule has 0 aliphatic rings. The van der Waals surface area contributed by atoms with Crippen molar-refractivity contribution in [3.8, 4) is 17.6 Å². The minimum absolute atomic E-state index is 0.232. The van der Waals surface area contributed by atoms with Crippen LogP contribution < -0.4 is 10.1 Å². The van der Waals surface area contributed by atoms with E-state index in [4.69, 9.17) is 4.74 Å². The second kappa shape index (κ2) is 7.39. The van der Waals surface area contributed by atoms with E-state index in [-0.39, 0.29) is 5.91 Å². The number of hydrogen-bond acceptors (Lipinski definition) is 2. The molecule has 1 aromatic carbocycles. The number of nitrogens with one attached hydrogen (secondary N) is 2. The Balaban J connectivity index is 2.05. The van der Waals surface area contributed by atoms with Crippen molar-refractivity contribution >= 4 is 16.8 Å². The highest BCUT2D eigenvalue weighted by Crippen LogP contribution is 2.24. The maximum atomic E-state index is 11.3. The summed E-state index contributed by atoms with van der Waals surface area (Å²) in [5.41, 5.74) is 2.24. The topological polar surface area (TPSA) is 54.1 Å². The minimum atomic E-state index is -0.232. The predicted octanol–water partition coefficient (Wildman–Crippen LogP) is 2.64. The van der Waals surface area contributed by atoms with E-state index in [1.54, 1.807) is 6.92 Å². The summed E-state index contributed by atoms with van der Waals surface area (Å²) in [5.74, 6) is 5.70. The van der Waals surface area contributed by atoms with Crippen LogP contribution in [0.15, 0.2) is 24.4 Å². The zero-order valence-corrected chi connectivity index (χ0v) is 12.5. The van der Waals surface area contributed by atoms with Crippen LogP contribution in [0.25, 0.3) is 10.9 Å². The monoisotopic (exact) mass is 284 g/mol. The average molecular weight is 284 g/mol. The van der Waals surface area contributed by atoms with Gasteiger partial charge >= 0.3 is 0 Å². The zero-order valence-electron chi connectivity index (χ0n) is 12.5. The quantitative estimate of drug-likeness (QED) is 0.801. The highest BCUT2D eigenvalue weighted by Gasteiger charge is 2.06. The zero-order chi connectivity index (χ0) is 15.1. The fraction of sp³-hybridized carbons (Fsp3) is 0.353. The molecule has 0 fully saturated rings. The summed E-state index contributed by atoms with van der Waals surface area (Å²) in [7, 11) is 0. The van der Waals surface area contributed by atoms with Crippen LogP contribution in [0.5, 0.6) is 5.75 Å². The van der Waals surface area contributed by atoms with Crippen LogP contribution in [-0.2, 0) is 11.2 Å². The number of carbonyl (C=O) groups excluding carboxylic acids is 1. The van der Waals surface area contributed by atoms with Crippen LogP contribution in [0.4, 0.5) is 0 Å². The SMILES string of the molecule is CC#CC(=O)NCCc1c[nH]c2ccc(OCCC)cc12. The molecule has 4 nitrogen and oxygen atoms in total. The Kier molecular flexibility index (Phi) is 5.28. The van der Waals surface area contributed by atoms with Crippen molar-refractivity contribution in [1.82, 2.24) is 10.3 Å². The molecular weight excluding hydrogens is 264 g/mol. The predicted molar refractivity (Wildman–Crippen MR) is 84.2 cm³/mol. The molecule has 0 aliphatic heterocycles. The number of fused-ring (bicyclic) bond motifs is 1. The number of rotatable bonds is 6. The smallest absolute Gasteiger partial charge is 0.295 e. The molecular formula is C17H20N2O2. The van der Waals surface area contributed by atoms with E-state index in [1.165, 1.54) is 0 Å². The van der Waals surface area contributed by atoms with Crippen LogP contribution in [0.2, 0.25) is 0 Å². The van der Waals surface area contributed by atoms with Crippen LogP contribution in [-0.4, -0.2) is 24.0 Å². The molecule has 110 valence electrons. The van der Waals surface area contributed by atoms with E-state index in [2.05, 4.69) is 29.1 Å². The van der Waals surface area contributed by atoms with Gasteiger partial charge in [-0.15, -0.1) is 0 Å². The lowest BCUT2D eigenvalue weighted by molar-refractivity contribution is -0.115. The van der Waals surface area contributed by atoms with E-state index in [9.17, 15) is 4.79 Å². The molecule has 4 heteroatoms. The Labute approximate surface area is 124 Å². The van der Waals surface area contributed by atoms with E-state index in [0.717, 1.165) is 41.7 Å². The Morgan fingerprint density at radius 1 is 1.43 bits per heavy atom. The number of amides is 1. The van der Waals surface area contributed by atoms with E-state index in [1.807, 2.05) is 24.4 Å². The molecule has 0 unspecified atom stereocenters. The minimum Gasteiger partial charge on any atom is -0.494 e. The molecule has 0 saturated carbocycles. The second-order valence-electron chi connectivity index (χ2n) is 4.75. The summed E-state index contributed by atoms with van der Waals surface area (Å²) in [6.07, 6.45) is 3.73. The maximum Gasteiger partial charge on any atom is 0.295 e. The molecule has 0 saturated heterocycles. The first kappa shape index (κ1) is 15.0. The van der Waals surface area contributed by atoms with Gasteiger partial charge in [0.2, 0.25) is 0 Å². The number of aromatic nitrogens is 1. The highest BCUT2D eigenvalue weighted by molar-refractivity contribution is 5.93. The van der Waals surface area contributed by atoms with Crippen LogP contribution in [0.3, 0.4) is 0 Å².